The van der Waals surface area contributed by atoms with Crippen molar-refractivity contribution in [2.45, 2.75) is 261 Å². The average molecular weight is 1700 g/mol. The van der Waals surface area contributed by atoms with Crippen LogP contribution in [-0.2, 0) is 54.1 Å². The Morgan fingerprint density at radius 2 is 0.462 bits per heavy atom. The van der Waals surface area contributed by atoms with Crippen LogP contribution in [0.3, 0.4) is 0 Å². The third-order valence-electron chi connectivity index (χ3n) is 31.3. The van der Waals surface area contributed by atoms with Crippen LogP contribution in [0.15, 0.2) is 243 Å². The standard InChI is InChI=1S/C124H128B2N4/c1-115(2,3)79-39-29-71(30-40-79)75-37-49-103-89(55-75)96-59-78(60-101-113(96)127(103)107-69-87(122(22,23)24)63-93-100-65-85(120(16,17)18)64-98-92-62-84(119(13,14)15)48-52-106(92)130(112(98)100)125(101)109(93)107)74-35-45-82(46-36-74)123(25,26)53-54-124(27,28)88-67-94-97-58-77(73-33-43-81(44-34-73)117(7,8)9)57-95-90-56-76(72-31-41-80(42-32-72)116(4,5)6)38-50-105(90)129(111(95)97)126-102-68-86(121(19,20)21)66-99-91-61-83(118(10,11)12)47-51-104(91)128(114(99)102)108(70-88)110(94)126/h29-52,55-70H,53-54H2,1-28H3. The van der Waals surface area contributed by atoms with Crippen LogP contribution in [0.2, 0.25) is 0 Å². The van der Waals surface area contributed by atoms with Gasteiger partial charge in [-0.05, 0) is 297 Å². The first-order valence-electron chi connectivity index (χ1n) is 48.3. The Labute approximate surface area is 772 Å². The number of fused-ring (bicyclic) bond motifs is 20. The van der Waals surface area contributed by atoms with Gasteiger partial charge in [-0.2, -0.15) is 0 Å². The van der Waals surface area contributed by atoms with Gasteiger partial charge in [0, 0.05) is 87.7 Å². The van der Waals surface area contributed by atoms with Crippen LogP contribution in [0.25, 0.3) is 165 Å². The highest BCUT2D eigenvalue weighted by molar-refractivity contribution is 6.91. The maximum absolute atomic E-state index is 2.81. The molecule has 650 valence electrons. The molecule has 14 aromatic carbocycles. The van der Waals surface area contributed by atoms with E-state index in [1.807, 2.05) is 0 Å². The first kappa shape index (κ1) is 84.0. The summed E-state index contributed by atoms with van der Waals surface area (Å²) in [6, 6.07) is 99.0. The van der Waals surface area contributed by atoms with Crippen molar-refractivity contribution in [1.82, 2.24) is 18.1 Å². The van der Waals surface area contributed by atoms with E-state index in [4.69, 9.17) is 0 Å². The highest BCUT2D eigenvalue weighted by atomic mass is 15.0. The minimum Gasteiger partial charge on any atom is -0.375 e. The zero-order valence-corrected chi connectivity index (χ0v) is 82.5. The molecule has 0 fully saturated rings. The molecule has 0 saturated heterocycles. The Morgan fingerprint density at radius 1 is 0.192 bits per heavy atom. The number of benzene rings is 14. The van der Waals surface area contributed by atoms with E-state index in [1.54, 1.807) is 0 Å². The fourth-order valence-electron chi connectivity index (χ4n) is 22.9. The molecule has 22 rings (SSSR count). The van der Waals surface area contributed by atoms with Gasteiger partial charge in [0.2, 0.25) is 0 Å². The van der Waals surface area contributed by atoms with Crippen LogP contribution in [0.1, 0.15) is 262 Å². The Balaban J connectivity index is 0.706. The van der Waals surface area contributed by atoms with E-state index in [0.717, 1.165) is 12.8 Å². The molecular weight excluding hydrogens is 1570 g/mol. The number of aromatic nitrogens is 4. The smallest absolute Gasteiger partial charge is 0.333 e. The van der Waals surface area contributed by atoms with E-state index < -0.39 is 0 Å². The van der Waals surface area contributed by atoms with Crippen molar-refractivity contribution in [2.75, 3.05) is 0 Å². The van der Waals surface area contributed by atoms with Gasteiger partial charge in [0.1, 0.15) is 0 Å². The monoisotopic (exact) mass is 1700 g/mol. The molecule has 0 aliphatic carbocycles. The SMILES string of the molecule is CC(C)(C)c1ccc(-c2ccc3c(c2)c2cc(-c4ccc(C(C)(C)C)cc4)cc4c2n3B2c3c-4cc(C(C)(C)CCC(C)(C)c4ccc(-c5cc6c7c(c5)c5cc(-c8ccc(C(C)(C)C)cc8)ccc5n7-c5cc(C(C)(C)C)cc7c5B6n5c6ccc(C(C)(C)C)cc6c6cc(C(C)(C)C)cc-7c65)cc4)cc3-n3c4ccc(C(C)(C)C)cc4c4cc(C(C)(C)C)cc2c43)cc1. The van der Waals surface area contributed by atoms with Crippen LogP contribution in [0.5, 0.6) is 0 Å². The molecule has 0 bridgehead atoms. The Hall–Kier alpha value is -11.6. The van der Waals surface area contributed by atoms with Gasteiger partial charge >= 0.3 is 13.7 Å². The van der Waals surface area contributed by atoms with E-state index in [9.17, 15) is 0 Å². The molecule has 0 N–H and O–H groups in total. The summed E-state index contributed by atoms with van der Waals surface area (Å²) in [5.41, 5.74) is 46.5. The Kier molecular flexibility index (Phi) is 17.8. The second-order valence-corrected chi connectivity index (χ2v) is 49.4. The van der Waals surface area contributed by atoms with E-state index >= 15 is 0 Å². The lowest BCUT2D eigenvalue weighted by atomic mass is 9.45. The van der Waals surface area contributed by atoms with Crippen molar-refractivity contribution in [3.05, 3.63) is 298 Å². The highest BCUT2D eigenvalue weighted by Crippen LogP contribution is 2.53. The van der Waals surface area contributed by atoms with Gasteiger partial charge in [0.15, 0.2) is 0 Å². The van der Waals surface area contributed by atoms with E-state index in [-0.39, 0.29) is 67.8 Å². The first-order valence-corrected chi connectivity index (χ1v) is 48.3. The van der Waals surface area contributed by atoms with Crippen molar-refractivity contribution in [3.63, 3.8) is 0 Å². The maximum Gasteiger partial charge on any atom is 0.333 e. The topological polar surface area (TPSA) is 19.7 Å². The summed E-state index contributed by atoms with van der Waals surface area (Å²) in [6.07, 6.45) is 1.95. The van der Waals surface area contributed by atoms with Gasteiger partial charge in [0.05, 0.1) is 22.1 Å². The van der Waals surface area contributed by atoms with Crippen LogP contribution < -0.4 is 21.9 Å². The van der Waals surface area contributed by atoms with Crippen molar-refractivity contribution in [2.24, 2.45) is 0 Å². The number of hydrogen-bond donors (Lipinski definition) is 0. The van der Waals surface area contributed by atoms with Crippen LogP contribution in [-0.4, -0.2) is 31.8 Å². The minimum atomic E-state index is -0.268. The van der Waals surface area contributed by atoms with E-state index in [1.165, 1.54) is 243 Å². The highest BCUT2D eigenvalue weighted by Gasteiger charge is 2.47. The number of hydrogen-bond acceptors (Lipinski definition) is 0. The third kappa shape index (κ3) is 12.8. The second kappa shape index (κ2) is 27.5. The molecule has 4 aliphatic rings. The average Bonchev–Trinajstić information content (AvgIpc) is 1.49. The summed E-state index contributed by atoms with van der Waals surface area (Å²) in [7, 11) is 0. The molecule has 0 unspecified atom stereocenters. The lowest BCUT2D eigenvalue weighted by Gasteiger charge is -2.38. The summed E-state index contributed by atoms with van der Waals surface area (Å²) < 4.78 is 11.0. The lowest BCUT2D eigenvalue weighted by Crippen LogP contribution is -2.55. The van der Waals surface area contributed by atoms with Crippen molar-refractivity contribution >= 4 is 123 Å². The molecule has 130 heavy (non-hydrogen) atoms. The van der Waals surface area contributed by atoms with Crippen molar-refractivity contribution in [1.29, 1.82) is 0 Å². The predicted octanol–water partition coefficient (Wildman–Crippen LogP) is 31.1. The van der Waals surface area contributed by atoms with E-state index in [2.05, 4.69) is 455 Å². The van der Waals surface area contributed by atoms with Gasteiger partial charge in [-0.1, -0.05) is 339 Å². The third-order valence-corrected chi connectivity index (χ3v) is 31.3. The van der Waals surface area contributed by atoms with Gasteiger partial charge in [-0.3, -0.25) is 0 Å². The fraction of sp³-hybridized carbons (Fsp3) is 0.323. The first-order chi connectivity index (χ1) is 61.0. The normalized spacial score (nSPS) is 14.2. The molecular formula is C124H128B2N4. The second-order valence-electron chi connectivity index (χ2n) is 49.4. The van der Waals surface area contributed by atoms with Crippen LogP contribution in [0, 0.1) is 0 Å². The molecule has 0 amide bonds. The Bertz CT molecular complexity index is 7910. The quantitative estimate of drug-likeness (QED) is 0.128. The molecule has 0 radical (unpaired) electrons. The molecule has 4 aliphatic heterocycles. The molecule has 4 aromatic heterocycles. The summed E-state index contributed by atoms with van der Waals surface area (Å²) in [6.45, 7) is 66.6. The number of nitrogens with zero attached hydrogens (tertiary/aromatic N) is 4. The minimum absolute atomic E-state index is 0.0180. The van der Waals surface area contributed by atoms with Crippen LogP contribution in [0.4, 0.5) is 0 Å². The Morgan fingerprint density at radius 3 is 0.908 bits per heavy atom. The molecule has 8 heterocycles. The van der Waals surface area contributed by atoms with Crippen molar-refractivity contribution < 1.29 is 0 Å². The molecule has 6 heteroatoms. The lowest BCUT2D eigenvalue weighted by molar-refractivity contribution is 0.375. The summed E-state index contributed by atoms with van der Waals surface area (Å²) in [4.78, 5) is 0. The summed E-state index contributed by atoms with van der Waals surface area (Å²) in [5, 5.41) is 10.5. The fourth-order valence-corrected chi connectivity index (χ4v) is 22.9. The molecule has 0 saturated carbocycles. The molecule has 0 atom stereocenters. The van der Waals surface area contributed by atoms with Crippen molar-refractivity contribution in [3.8, 4) is 78.1 Å². The van der Waals surface area contributed by atoms with Gasteiger partial charge in [0.25, 0.3) is 0 Å². The van der Waals surface area contributed by atoms with E-state index in [0.29, 0.717) is 0 Å². The molecule has 0 spiro atoms. The summed E-state index contributed by atoms with van der Waals surface area (Å²) in [5.74, 6) is 0. The van der Waals surface area contributed by atoms with Gasteiger partial charge in [-0.25, -0.2) is 0 Å². The zero-order valence-electron chi connectivity index (χ0n) is 82.5. The van der Waals surface area contributed by atoms with Gasteiger partial charge < -0.3 is 18.1 Å². The molecule has 18 aromatic rings. The predicted molar refractivity (Wildman–Crippen MR) is 566 cm³/mol. The maximum atomic E-state index is 2.81. The zero-order chi connectivity index (χ0) is 91.6. The molecule has 4 nitrogen and oxygen atoms in total. The van der Waals surface area contributed by atoms with Gasteiger partial charge in [-0.15, -0.1) is 0 Å². The van der Waals surface area contributed by atoms with Crippen LogP contribution >= 0.6 is 0 Å². The summed E-state index contributed by atoms with van der Waals surface area (Å²) >= 11 is 0. The number of rotatable bonds is 9. The largest absolute Gasteiger partial charge is 0.375 e.